The van der Waals surface area contributed by atoms with Crippen LogP contribution in [0.1, 0.15) is 32.3 Å². The van der Waals surface area contributed by atoms with Gasteiger partial charge in [-0.05, 0) is 36.6 Å². The van der Waals surface area contributed by atoms with E-state index in [2.05, 4.69) is 19.9 Å². The van der Waals surface area contributed by atoms with Crippen LogP contribution in [0.3, 0.4) is 0 Å². The average molecular weight is 178 g/mol. The molecule has 0 nitrogen and oxygen atoms in total. The Kier molecular flexibility index (Phi) is 3.69. The second kappa shape index (κ2) is 4.80. The highest BCUT2D eigenvalue weighted by atomic mass is 19.1. The lowest BCUT2D eigenvalue weighted by atomic mass is 10.1. The summed E-state index contributed by atoms with van der Waals surface area (Å²) in [6.45, 7) is 4.21. The van der Waals surface area contributed by atoms with Gasteiger partial charge in [-0.1, -0.05) is 31.6 Å². The fraction of sp³-hybridized carbons (Fsp3) is 0.333. The van der Waals surface area contributed by atoms with E-state index in [0.717, 1.165) is 18.4 Å². The number of rotatable bonds is 3. The highest BCUT2D eigenvalue weighted by Gasteiger charge is 1.94. The predicted octanol–water partition coefficient (Wildman–Crippen LogP) is 4.03. The van der Waals surface area contributed by atoms with Gasteiger partial charge in [0, 0.05) is 0 Å². The average Bonchev–Trinajstić information content (AvgIpc) is 2.15. The van der Waals surface area contributed by atoms with Gasteiger partial charge in [-0.15, -0.1) is 0 Å². The van der Waals surface area contributed by atoms with Crippen molar-refractivity contribution in [2.24, 2.45) is 0 Å². The third kappa shape index (κ3) is 3.02. The molecule has 0 radical (unpaired) electrons. The molecule has 1 aromatic rings. The Hall–Kier alpha value is -1.11. The minimum atomic E-state index is -0.174. The van der Waals surface area contributed by atoms with Crippen molar-refractivity contribution in [2.45, 2.75) is 26.7 Å². The van der Waals surface area contributed by atoms with Crippen molar-refractivity contribution in [1.82, 2.24) is 0 Å². The van der Waals surface area contributed by atoms with Crippen molar-refractivity contribution in [3.8, 4) is 0 Å². The van der Waals surface area contributed by atoms with Gasteiger partial charge in [0.2, 0.25) is 0 Å². The van der Waals surface area contributed by atoms with E-state index in [4.69, 9.17) is 0 Å². The zero-order chi connectivity index (χ0) is 9.68. The first-order chi connectivity index (χ1) is 6.24. The predicted molar refractivity (Wildman–Crippen MR) is 55.0 cm³/mol. The van der Waals surface area contributed by atoms with E-state index in [9.17, 15) is 4.39 Å². The van der Waals surface area contributed by atoms with E-state index in [1.54, 1.807) is 0 Å². The zero-order valence-corrected chi connectivity index (χ0v) is 8.18. The van der Waals surface area contributed by atoms with Crippen molar-refractivity contribution >= 4 is 5.57 Å². The normalized spacial score (nSPS) is 11.8. The molecule has 0 saturated carbocycles. The highest BCUT2D eigenvalue weighted by Crippen LogP contribution is 2.14. The van der Waals surface area contributed by atoms with Crippen LogP contribution in [-0.4, -0.2) is 0 Å². The molecular weight excluding hydrogens is 163 g/mol. The van der Waals surface area contributed by atoms with Crippen LogP contribution in [0.25, 0.3) is 5.57 Å². The zero-order valence-electron chi connectivity index (χ0n) is 8.18. The summed E-state index contributed by atoms with van der Waals surface area (Å²) < 4.78 is 12.6. The van der Waals surface area contributed by atoms with Crippen molar-refractivity contribution in [1.29, 1.82) is 0 Å². The summed E-state index contributed by atoms with van der Waals surface area (Å²) >= 11 is 0. The van der Waals surface area contributed by atoms with Crippen LogP contribution in [0.2, 0.25) is 0 Å². The first-order valence-electron chi connectivity index (χ1n) is 4.66. The molecule has 1 aromatic carbocycles. The van der Waals surface area contributed by atoms with Crippen molar-refractivity contribution in [3.05, 3.63) is 41.7 Å². The summed E-state index contributed by atoms with van der Waals surface area (Å²) in [6, 6.07) is 6.63. The highest BCUT2D eigenvalue weighted by molar-refractivity contribution is 5.63. The SMILES string of the molecule is CCC/C=C(\C)c1ccc(F)cc1. The third-order valence-corrected chi connectivity index (χ3v) is 2.04. The Balaban J connectivity index is 2.77. The topological polar surface area (TPSA) is 0 Å². The smallest absolute Gasteiger partial charge is 0.123 e. The Morgan fingerprint density at radius 2 is 1.92 bits per heavy atom. The van der Waals surface area contributed by atoms with Crippen LogP contribution in [0.4, 0.5) is 4.39 Å². The molecule has 0 saturated heterocycles. The first-order valence-corrected chi connectivity index (χ1v) is 4.66. The third-order valence-electron chi connectivity index (χ3n) is 2.04. The number of hydrogen-bond donors (Lipinski definition) is 0. The van der Waals surface area contributed by atoms with Crippen molar-refractivity contribution in [2.75, 3.05) is 0 Å². The number of halogens is 1. The minimum Gasteiger partial charge on any atom is -0.207 e. The maximum atomic E-state index is 12.6. The van der Waals surface area contributed by atoms with Gasteiger partial charge in [0.25, 0.3) is 0 Å². The Morgan fingerprint density at radius 1 is 1.31 bits per heavy atom. The van der Waals surface area contributed by atoms with E-state index in [1.807, 2.05) is 12.1 Å². The summed E-state index contributed by atoms with van der Waals surface area (Å²) in [5, 5.41) is 0. The maximum absolute atomic E-state index is 12.6. The number of benzene rings is 1. The lowest BCUT2D eigenvalue weighted by Gasteiger charge is -2.00. The molecule has 0 heterocycles. The molecule has 0 N–H and O–H groups in total. The summed E-state index contributed by atoms with van der Waals surface area (Å²) in [6.07, 6.45) is 4.43. The van der Waals surface area contributed by atoms with E-state index in [0.29, 0.717) is 0 Å². The molecule has 1 heteroatoms. The second-order valence-electron chi connectivity index (χ2n) is 3.18. The van der Waals surface area contributed by atoms with Crippen molar-refractivity contribution < 1.29 is 4.39 Å². The minimum absolute atomic E-state index is 0.174. The Labute approximate surface area is 79.1 Å². The van der Waals surface area contributed by atoms with Gasteiger partial charge in [-0.3, -0.25) is 0 Å². The summed E-state index contributed by atoms with van der Waals surface area (Å²) in [5.74, 6) is -0.174. The van der Waals surface area contributed by atoms with Crippen LogP contribution in [0, 0.1) is 5.82 Å². The number of allylic oxidation sites excluding steroid dienone is 2. The largest absolute Gasteiger partial charge is 0.207 e. The molecule has 1 rings (SSSR count). The van der Waals surface area contributed by atoms with Gasteiger partial charge in [-0.25, -0.2) is 4.39 Å². The molecule has 0 atom stereocenters. The number of unbranched alkanes of at least 4 members (excludes halogenated alkanes) is 1. The molecular formula is C12H15F. The number of hydrogen-bond acceptors (Lipinski definition) is 0. The van der Waals surface area contributed by atoms with Crippen LogP contribution < -0.4 is 0 Å². The van der Waals surface area contributed by atoms with Gasteiger partial charge in [-0.2, -0.15) is 0 Å². The molecule has 70 valence electrons. The molecule has 0 spiro atoms. The molecule has 0 aliphatic heterocycles. The molecule has 0 aromatic heterocycles. The molecule has 0 bridgehead atoms. The molecule has 0 fully saturated rings. The van der Waals surface area contributed by atoms with Gasteiger partial charge >= 0.3 is 0 Å². The van der Waals surface area contributed by atoms with Gasteiger partial charge in [0.15, 0.2) is 0 Å². The van der Waals surface area contributed by atoms with E-state index in [1.165, 1.54) is 17.7 Å². The maximum Gasteiger partial charge on any atom is 0.123 e. The monoisotopic (exact) mass is 178 g/mol. The fourth-order valence-electron chi connectivity index (χ4n) is 1.19. The van der Waals surface area contributed by atoms with Crippen LogP contribution in [-0.2, 0) is 0 Å². The standard InChI is InChI=1S/C12H15F/c1-3-4-5-10(2)11-6-8-12(13)9-7-11/h5-9H,3-4H2,1-2H3/b10-5+. The second-order valence-corrected chi connectivity index (χ2v) is 3.18. The van der Waals surface area contributed by atoms with E-state index in [-0.39, 0.29) is 5.82 Å². The molecule has 0 unspecified atom stereocenters. The quantitative estimate of drug-likeness (QED) is 0.655. The lowest BCUT2D eigenvalue weighted by Crippen LogP contribution is -1.80. The molecule has 13 heavy (non-hydrogen) atoms. The fourth-order valence-corrected chi connectivity index (χ4v) is 1.19. The van der Waals surface area contributed by atoms with Gasteiger partial charge in [0.05, 0.1) is 0 Å². The van der Waals surface area contributed by atoms with E-state index < -0.39 is 0 Å². The molecule has 0 aliphatic rings. The first kappa shape index (κ1) is 9.97. The van der Waals surface area contributed by atoms with Crippen molar-refractivity contribution in [3.63, 3.8) is 0 Å². The van der Waals surface area contributed by atoms with Crippen LogP contribution in [0.15, 0.2) is 30.3 Å². The van der Waals surface area contributed by atoms with Crippen LogP contribution >= 0.6 is 0 Å². The lowest BCUT2D eigenvalue weighted by molar-refractivity contribution is 0.627. The summed E-state index contributed by atoms with van der Waals surface area (Å²) in [4.78, 5) is 0. The Morgan fingerprint density at radius 3 is 2.46 bits per heavy atom. The van der Waals surface area contributed by atoms with E-state index >= 15 is 0 Å². The Bertz CT molecular complexity index is 282. The summed E-state index contributed by atoms with van der Waals surface area (Å²) in [7, 11) is 0. The summed E-state index contributed by atoms with van der Waals surface area (Å²) in [5.41, 5.74) is 2.33. The molecule has 0 amide bonds. The van der Waals surface area contributed by atoms with Gasteiger partial charge < -0.3 is 0 Å². The molecule has 0 aliphatic carbocycles. The van der Waals surface area contributed by atoms with Crippen LogP contribution in [0.5, 0.6) is 0 Å². The van der Waals surface area contributed by atoms with Gasteiger partial charge in [0.1, 0.15) is 5.82 Å².